The zero-order chi connectivity index (χ0) is 23.5. The summed E-state index contributed by atoms with van der Waals surface area (Å²) in [6.45, 7) is 6.69. The number of anilines is 1. The number of amidine groups is 1. The van der Waals surface area contributed by atoms with Gasteiger partial charge in [-0.3, -0.25) is 5.41 Å². The molecular weight excluding hydrogens is 434 g/mol. The first-order chi connectivity index (χ1) is 15.9. The minimum atomic E-state index is -0.352. The molecule has 170 valence electrons. The number of thiazole rings is 1. The van der Waals surface area contributed by atoms with Crippen LogP contribution in [-0.2, 0) is 4.74 Å². The average Bonchev–Trinajstić information content (AvgIpc) is 3.33. The third-order valence-corrected chi connectivity index (χ3v) is 6.57. The van der Waals surface area contributed by atoms with E-state index in [-0.39, 0.29) is 24.1 Å². The molecule has 0 fully saturated rings. The molecule has 4 rings (SSSR count). The van der Waals surface area contributed by atoms with Gasteiger partial charge in [0.1, 0.15) is 16.6 Å². The van der Waals surface area contributed by atoms with Crippen molar-refractivity contribution in [2.45, 2.75) is 33.6 Å². The highest BCUT2D eigenvalue weighted by molar-refractivity contribution is 7.13. The Morgan fingerprint density at radius 2 is 1.85 bits per heavy atom. The number of esters is 1. The van der Waals surface area contributed by atoms with Crippen LogP contribution in [0.25, 0.3) is 16.8 Å². The van der Waals surface area contributed by atoms with E-state index in [2.05, 4.69) is 0 Å². The lowest BCUT2D eigenvalue weighted by molar-refractivity contribution is 0.0500. The van der Waals surface area contributed by atoms with Gasteiger partial charge < -0.3 is 14.7 Å². The van der Waals surface area contributed by atoms with E-state index in [4.69, 9.17) is 15.1 Å². The van der Waals surface area contributed by atoms with Crippen LogP contribution in [0.15, 0.2) is 54.3 Å². The molecular formula is C26H27N3O3S. The fraction of sp³-hybridized carbons (Fsp3) is 0.269. The third-order valence-electron chi connectivity index (χ3n) is 5.58. The summed E-state index contributed by atoms with van der Waals surface area (Å²) in [5.74, 6) is -0.0442. The van der Waals surface area contributed by atoms with Crippen LogP contribution in [-0.4, -0.2) is 35.0 Å². The van der Waals surface area contributed by atoms with E-state index in [9.17, 15) is 9.90 Å². The number of ether oxygens (including phenoxy) is 1. The number of nitrogens with zero attached hydrogens (tertiary/aromatic N) is 2. The lowest BCUT2D eigenvalue weighted by Gasteiger charge is -2.18. The molecule has 0 atom stereocenters. The van der Waals surface area contributed by atoms with Crippen molar-refractivity contribution < 1.29 is 14.6 Å². The summed E-state index contributed by atoms with van der Waals surface area (Å²) in [6, 6.07) is 15.1. The molecule has 0 radical (unpaired) electrons. The monoisotopic (exact) mass is 461 g/mol. The molecule has 0 spiro atoms. The second-order valence-corrected chi connectivity index (χ2v) is 9.29. The zero-order valence-corrected chi connectivity index (χ0v) is 19.8. The van der Waals surface area contributed by atoms with Crippen LogP contribution >= 0.6 is 11.3 Å². The van der Waals surface area contributed by atoms with Gasteiger partial charge in [-0.2, -0.15) is 0 Å². The number of hydrogen-bond acceptors (Lipinski definition) is 6. The van der Waals surface area contributed by atoms with Gasteiger partial charge in [0, 0.05) is 16.1 Å². The molecule has 0 saturated carbocycles. The summed E-state index contributed by atoms with van der Waals surface area (Å²) in [4.78, 5) is 19.6. The molecule has 2 heterocycles. The van der Waals surface area contributed by atoms with Crippen molar-refractivity contribution >= 4 is 34.4 Å². The second-order valence-electron chi connectivity index (χ2n) is 8.08. The molecule has 2 N–H and O–H groups in total. The van der Waals surface area contributed by atoms with E-state index in [1.807, 2.05) is 45.0 Å². The number of nitrogens with one attached hydrogen (secondary N) is 1. The van der Waals surface area contributed by atoms with E-state index >= 15 is 0 Å². The Morgan fingerprint density at radius 3 is 2.52 bits per heavy atom. The van der Waals surface area contributed by atoms with Crippen molar-refractivity contribution in [3.05, 3.63) is 75.3 Å². The number of hydrogen-bond donors (Lipinski definition) is 2. The van der Waals surface area contributed by atoms with Crippen molar-refractivity contribution in [2.24, 2.45) is 0 Å². The van der Waals surface area contributed by atoms with Gasteiger partial charge >= 0.3 is 5.97 Å². The van der Waals surface area contributed by atoms with E-state index in [0.29, 0.717) is 22.8 Å². The van der Waals surface area contributed by atoms with Crippen LogP contribution in [0.4, 0.5) is 5.69 Å². The number of carbonyl (C=O) groups excluding carboxylic acids is 1. The van der Waals surface area contributed by atoms with Crippen LogP contribution < -0.4 is 4.90 Å². The van der Waals surface area contributed by atoms with Crippen molar-refractivity contribution in [3.8, 4) is 11.3 Å². The molecule has 6 nitrogen and oxygen atoms in total. The van der Waals surface area contributed by atoms with E-state index < -0.39 is 0 Å². The number of unbranched alkanes of at least 4 members (excludes halogenated alkanes) is 1. The first-order valence-corrected chi connectivity index (χ1v) is 11.8. The number of aliphatic hydroxyl groups is 1. The average molecular weight is 462 g/mol. The van der Waals surface area contributed by atoms with Crippen LogP contribution in [0.3, 0.4) is 0 Å². The predicted molar refractivity (Wildman–Crippen MR) is 133 cm³/mol. The quantitative estimate of drug-likeness (QED) is 0.325. The summed E-state index contributed by atoms with van der Waals surface area (Å²) in [5.41, 5.74) is 4.70. The van der Waals surface area contributed by atoms with Crippen LogP contribution in [0.2, 0.25) is 0 Å². The molecule has 1 aliphatic heterocycles. The Hall–Kier alpha value is -3.45. The minimum Gasteiger partial charge on any atom is -0.510 e. The Morgan fingerprint density at radius 1 is 1.15 bits per heavy atom. The third kappa shape index (κ3) is 4.68. The van der Waals surface area contributed by atoms with Gasteiger partial charge in [0.25, 0.3) is 0 Å². The summed E-state index contributed by atoms with van der Waals surface area (Å²) < 4.78 is 5.25. The lowest BCUT2D eigenvalue weighted by Crippen LogP contribution is -2.26. The maximum absolute atomic E-state index is 12.1. The van der Waals surface area contributed by atoms with Crippen LogP contribution in [0.5, 0.6) is 0 Å². The number of aliphatic hydroxyl groups excluding tert-OH is 1. The van der Waals surface area contributed by atoms with Gasteiger partial charge in [-0.1, -0.05) is 43.2 Å². The minimum absolute atomic E-state index is 0.118. The van der Waals surface area contributed by atoms with Crippen molar-refractivity contribution in [3.63, 3.8) is 0 Å². The van der Waals surface area contributed by atoms with Gasteiger partial charge in [-0.15, -0.1) is 11.3 Å². The number of rotatable bonds is 7. The topological polar surface area (TPSA) is 86.5 Å². The molecule has 0 saturated heterocycles. The smallest absolute Gasteiger partial charge is 0.338 e. The molecule has 33 heavy (non-hydrogen) atoms. The highest BCUT2D eigenvalue weighted by atomic mass is 32.1. The van der Waals surface area contributed by atoms with Gasteiger partial charge in [0.05, 0.1) is 30.0 Å². The summed E-state index contributed by atoms with van der Waals surface area (Å²) in [7, 11) is 0. The van der Waals surface area contributed by atoms with Crippen molar-refractivity contribution in [1.29, 1.82) is 5.41 Å². The van der Waals surface area contributed by atoms with Crippen LogP contribution in [0.1, 0.15) is 45.6 Å². The van der Waals surface area contributed by atoms with Gasteiger partial charge in [0.2, 0.25) is 0 Å². The molecule has 0 amide bonds. The van der Waals surface area contributed by atoms with E-state index in [0.717, 1.165) is 34.7 Å². The predicted octanol–water partition coefficient (Wildman–Crippen LogP) is 6.15. The summed E-state index contributed by atoms with van der Waals surface area (Å²) in [5, 5.41) is 20.0. The first-order valence-electron chi connectivity index (χ1n) is 11.0. The Balaban J connectivity index is 1.53. The molecule has 0 unspecified atom stereocenters. The number of carbonyl (C=O) groups is 1. The maximum Gasteiger partial charge on any atom is 0.338 e. The SMILES string of the molecule is CCCCOC(=O)c1ccc(N2CC(O)=C(c3nc(-c4ccc(C)cc4)c(C)s3)C2=N)cc1. The zero-order valence-electron chi connectivity index (χ0n) is 19.0. The number of benzene rings is 2. The molecule has 7 heteroatoms. The normalized spacial score (nSPS) is 13.7. The Kier molecular flexibility index (Phi) is 6.60. The number of aryl methyl sites for hydroxylation is 2. The fourth-order valence-corrected chi connectivity index (χ4v) is 4.68. The lowest BCUT2D eigenvalue weighted by atomic mass is 10.1. The second kappa shape index (κ2) is 9.58. The standard InChI is InChI=1S/C26H27N3O3S/c1-4-5-14-32-26(31)19-10-12-20(13-11-19)29-15-21(30)22(24(29)27)25-28-23(17(3)33-25)18-8-6-16(2)7-9-18/h6-13,27,30H,4-5,14-15H2,1-3H3. The first kappa shape index (κ1) is 22.7. The van der Waals surface area contributed by atoms with E-state index in [1.165, 1.54) is 16.9 Å². The number of aromatic nitrogens is 1. The summed E-state index contributed by atoms with van der Waals surface area (Å²) >= 11 is 1.47. The highest BCUT2D eigenvalue weighted by Gasteiger charge is 2.32. The Bertz CT molecular complexity index is 1210. The fourth-order valence-electron chi connectivity index (χ4n) is 3.68. The Labute approximate surface area is 197 Å². The largest absolute Gasteiger partial charge is 0.510 e. The van der Waals surface area contributed by atoms with Gasteiger partial charge in [-0.05, 0) is 44.5 Å². The van der Waals surface area contributed by atoms with E-state index in [1.54, 1.807) is 29.2 Å². The molecule has 3 aromatic rings. The molecule has 1 aromatic heterocycles. The van der Waals surface area contributed by atoms with Gasteiger partial charge in [-0.25, -0.2) is 9.78 Å². The molecule has 1 aliphatic rings. The van der Waals surface area contributed by atoms with Crippen molar-refractivity contribution in [2.75, 3.05) is 18.1 Å². The molecule has 2 aromatic carbocycles. The maximum atomic E-state index is 12.1. The van der Waals surface area contributed by atoms with Crippen molar-refractivity contribution in [1.82, 2.24) is 4.98 Å². The van der Waals surface area contributed by atoms with Crippen LogP contribution in [0, 0.1) is 19.3 Å². The summed E-state index contributed by atoms with van der Waals surface area (Å²) in [6.07, 6.45) is 1.80. The van der Waals surface area contributed by atoms with Gasteiger partial charge in [0.15, 0.2) is 0 Å². The molecule has 0 bridgehead atoms. The molecule has 0 aliphatic carbocycles. The highest BCUT2D eigenvalue weighted by Crippen LogP contribution is 2.36.